The lowest BCUT2D eigenvalue weighted by molar-refractivity contribution is -0.0297. The Kier molecular flexibility index (Phi) is 3.31. The molecule has 0 saturated heterocycles. The Labute approximate surface area is 105 Å². The maximum Gasteiger partial charge on any atom is 0.0896 e. The van der Waals surface area contributed by atoms with Crippen LogP contribution < -0.4 is 0 Å². The zero-order chi connectivity index (χ0) is 12.5. The average molecular weight is 232 g/mol. The van der Waals surface area contributed by atoms with Crippen LogP contribution in [-0.2, 0) is 5.60 Å². The Morgan fingerprint density at radius 2 is 1.59 bits per heavy atom. The SMILES string of the molecule is CC(C)(C)[C@H]1CC[C@](O)(c2ccccc2)CC1. The van der Waals surface area contributed by atoms with E-state index in [1.807, 2.05) is 18.2 Å². The van der Waals surface area contributed by atoms with Crippen molar-refractivity contribution in [2.45, 2.75) is 52.1 Å². The van der Waals surface area contributed by atoms with Crippen molar-refractivity contribution in [3.05, 3.63) is 35.9 Å². The van der Waals surface area contributed by atoms with Crippen molar-refractivity contribution in [2.24, 2.45) is 11.3 Å². The summed E-state index contributed by atoms with van der Waals surface area (Å²) in [5.74, 6) is 0.742. The van der Waals surface area contributed by atoms with Crippen LogP contribution in [0.1, 0.15) is 52.0 Å². The Bertz CT molecular complexity index is 353. The van der Waals surface area contributed by atoms with E-state index >= 15 is 0 Å². The Hall–Kier alpha value is -0.820. The Balaban J connectivity index is 2.08. The molecule has 0 heterocycles. The summed E-state index contributed by atoms with van der Waals surface area (Å²) in [5, 5.41) is 10.7. The van der Waals surface area contributed by atoms with Gasteiger partial charge >= 0.3 is 0 Å². The predicted molar refractivity (Wildman–Crippen MR) is 71.8 cm³/mol. The first kappa shape index (κ1) is 12.6. The average Bonchev–Trinajstić information content (AvgIpc) is 2.29. The summed E-state index contributed by atoms with van der Waals surface area (Å²) in [4.78, 5) is 0. The molecule has 1 heteroatoms. The van der Waals surface area contributed by atoms with E-state index in [0.717, 1.165) is 37.2 Å². The molecule has 1 aromatic rings. The second-order valence-corrected chi connectivity index (χ2v) is 6.54. The Morgan fingerprint density at radius 3 is 2.06 bits per heavy atom. The standard InChI is InChI=1S/C16H24O/c1-15(2,3)13-9-11-16(17,12-10-13)14-7-5-4-6-8-14/h4-8,13,17H,9-12H2,1-3H3/t13-,16+. The maximum absolute atomic E-state index is 10.7. The topological polar surface area (TPSA) is 20.2 Å². The zero-order valence-electron chi connectivity index (χ0n) is 11.2. The van der Waals surface area contributed by atoms with Crippen molar-refractivity contribution in [3.8, 4) is 0 Å². The quantitative estimate of drug-likeness (QED) is 0.772. The fourth-order valence-electron chi connectivity index (χ4n) is 3.00. The fourth-order valence-corrected chi connectivity index (χ4v) is 3.00. The molecule has 17 heavy (non-hydrogen) atoms. The van der Waals surface area contributed by atoms with Crippen LogP contribution in [0.3, 0.4) is 0 Å². The second-order valence-electron chi connectivity index (χ2n) is 6.54. The van der Waals surface area contributed by atoms with E-state index < -0.39 is 5.60 Å². The second kappa shape index (κ2) is 4.45. The van der Waals surface area contributed by atoms with Crippen LogP contribution in [-0.4, -0.2) is 5.11 Å². The molecule has 1 N–H and O–H groups in total. The summed E-state index contributed by atoms with van der Waals surface area (Å²) in [6.45, 7) is 6.93. The normalized spacial score (nSPS) is 30.2. The smallest absolute Gasteiger partial charge is 0.0896 e. The molecule has 1 nitrogen and oxygen atoms in total. The minimum Gasteiger partial charge on any atom is -0.385 e. The molecule has 2 rings (SSSR count). The first-order valence-corrected chi connectivity index (χ1v) is 6.70. The van der Waals surface area contributed by atoms with Crippen LogP contribution >= 0.6 is 0 Å². The number of aliphatic hydroxyl groups is 1. The highest BCUT2D eigenvalue weighted by Crippen LogP contribution is 2.45. The van der Waals surface area contributed by atoms with E-state index in [9.17, 15) is 5.11 Å². The van der Waals surface area contributed by atoms with Gasteiger partial charge in [-0.1, -0.05) is 51.1 Å². The lowest BCUT2D eigenvalue weighted by Gasteiger charge is -2.41. The minimum absolute atomic E-state index is 0.373. The van der Waals surface area contributed by atoms with Gasteiger partial charge in [0.2, 0.25) is 0 Å². The first-order chi connectivity index (χ1) is 7.92. The molecule has 0 radical (unpaired) electrons. The molecule has 0 spiro atoms. The lowest BCUT2D eigenvalue weighted by Crippen LogP contribution is -2.35. The molecule has 1 aliphatic rings. The summed E-state index contributed by atoms with van der Waals surface area (Å²) < 4.78 is 0. The highest BCUT2D eigenvalue weighted by atomic mass is 16.3. The van der Waals surface area contributed by atoms with Gasteiger partial charge < -0.3 is 5.11 Å². The molecule has 0 amide bonds. The lowest BCUT2D eigenvalue weighted by atomic mass is 9.67. The van der Waals surface area contributed by atoms with Crippen molar-refractivity contribution in [1.29, 1.82) is 0 Å². The molecule has 0 bridgehead atoms. The largest absolute Gasteiger partial charge is 0.385 e. The molecule has 0 aromatic heterocycles. The molecule has 0 atom stereocenters. The molecule has 1 aliphatic carbocycles. The van der Waals surface area contributed by atoms with Gasteiger partial charge in [0.1, 0.15) is 0 Å². The molecular formula is C16H24O. The Morgan fingerprint density at radius 1 is 1.06 bits per heavy atom. The number of hydrogen-bond donors (Lipinski definition) is 1. The fraction of sp³-hybridized carbons (Fsp3) is 0.625. The van der Waals surface area contributed by atoms with Gasteiger partial charge in [-0.3, -0.25) is 0 Å². The van der Waals surface area contributed by atoms with Gasteiger partial charge in [0.15, 0.2) is 0 Å². The van der Waals surface area contributed by atoms with E-state index in [2.05, 4.69) is 32.9 Å². The number of hydrogen-bond acceptors (Lipinski definition) is 1. The third-order valence-corrected chi connectivity index (χ3v) is 4.35. The van der Waals surface area contributed by atoms with Crippen molar-refractivity contribution in [2.75, 3.05) is 0 Å². The number of rotatable bonds is 1. The van der Waals surface area contributed by atoms with E-state index in [0.29, 0.717) is 5.41 Å². The summed E-state index contributed by atoms with van der Waals surface area (Å²) >= 11 is 0. The van der Waals surface area contributed by atoms with Crippen molar-refractivity contribution < 1.29 is 5.11 Å². The summed E-state index contributed by atoms with van der Waals surface area (Å²) in [6.07, 6.45) is 4.07. The number of benzene rings is 1. The third-order valence-electron chi connectivity index (χ3n) is 4.35. The molecule has 94 valence electrons. The van der Waals surface area contributed by atoms with Crippen molar-refractivity contribution in [1.82, 2.24) is 0 Å². The minimum atomic E-state index is -0.580. The van der Waals surface area contributed by atoms with Gasteiger partial charge in [-0.2, -0.15) is 0 Å². The first-order valence-electron chi connectivity index (χ1n) is 6.70. The van der Waals surface area contributed by atoms with Gasteiger partial charge in [-0.25, -0.2) is 0 Å². The highest BCUT2D eigenvalue weighted by molar-refractivity contribution is 5.22. The van der Waals surface area contributed by atoms with Crippen LogP contribution in [0.25, 0.3) is 0 Å². The molecule has 1 aromatic carbocycles. The van der Waals surface area contributed by atoms with Crippen LogP contribution in [0.15, 0.2) is 30.3 Å². The predicted octanol–water partition coefficient (Wildman–Crippen LogP) is 4.11. The van der Waals surface area contributed by atoms with Crippen LogP contribution in [0.4, 0.5) is 0 Å². The summed E-state index contributed by atoms with van der Waals surface area (Å²) in [7, 11) is 0. The highest BCUT2D eigenvalue weighted by Gasteiger charge is 2.38. The third kappa shape index (κ3) is 2.71. The molecular weight excluding hydrogens is 208 g/mol. The summed E-state index contributed by atoms with van der Waals surface area (Å²) in [6, 6.07) is 10.1. The van der Waals surface area contributed by atoms with E-state index in [1.165, 1.54) is 0 Å². The zero-order valence-corrected chi connectivity index (χ0v) is 11.2. The monoisotopic (exact) mass is 232 g/mol. The van der Waals surface area contributed by atoms with Gasteiger partial charge in [0.25, 0.3) is 0 Å². The molecule has 1 saturated carbocycles. The van der Waals surface area contributed by atoms with Gasteiger partial charge in [-0.15, -0.1) is 0 Å². The van der Waals surface area contributed by atoms with Gasteiger partial charge in [0, 0.05) is 0 Å². The van der Waals surface area contributed by atoms with Crippen molar-refractivity contribution >= 4 is 0 Å². The van der Waals surface area contributed by atoms with Gasteiger partial charge in [-0.05, 0) is 42.6 Å². The molecule has 0 aliphatic heterocycles. The van der Waals surface area contributed by atoms with Crippen LogP contribution in [0.5, 0.6) is 0 Å². The van der Waals surface area contributed by atoms with Crippen molar-refractivity contribution in [3.63, 3.8) is 0 Å². The molecule has 0 unspecified atom stereocenters. The molecule has 1 fully saturated rings. The van der Waals surface area contributed by atoms with Crippen LogP contribution in [0.2, 0.25) is 0 Å². The summed E-state index contributed by atoms with van der Waals surface area (Å²) in [5.41, 5.74) is 0.883. The van der Waals surface area contributed by atoms with E-state index in [-0.39, 0.29) is 0 Å². The van der Waals surface area contributed by atoms with Crippen LogP contribution in [0, 0.1) is 11.3 Å². The van der Waals surface area contributed by atoms with E-state index in [1.54, 1.807) is 0 Å². The van der Waals surface area contributed by atoms with Gasteiger partial charge in [0.05, 0.1) is 5.60 Å². The van der Waals surface area contributed by atoms with E-state index in [4.69, 9.17) is 0 Å². The maximum atomic E-state index is 10.7.